The van der Waals surface area contributed by atoms with Crippen molar-refractivity contribution in [2.75, 3.05) is 0 Å². The summed E-state index contributed by atoms with van der Waals surface area (Å²) in [5, 5.41) is 10.8. The van der Waals surface area contributed by atoms with Crippen LogP contribution in [0, 0.1) is 32.4 Å². The molecule has 4 aromatic heterocycles. The minimum absolute atomic E-state index is 0.226. The first-order valence-corrected chi connectivity index (χ1v) is 11.3. The van der Waals surface area contributed by atoms with Crippen molar-refractivity contribution < 1.29 is 8.78 Å². The van der Waals surface area contributed by atoms with Gasteiger partial charge in [-0.15, -0.1) is 0 Å². The highest BCUT2D eigenvalue weighted by molar-refractivity contribution is 5.97. The maximum atomic E-state index is 13.2. The van der Waals surface area contributed by atoms with E-state index in [4.69, 9.17) is 0 Å². The largest absolute Gasteiger partial charge is 0.360 e. The SMILES string of the molecule is Cc1nn(C)c(C)c1-c1c[nH]c2cc(F)ccc12.Cc1nn(C)cc1-c1c[nH]c2cc(F)ccc12. The van der Waals surface area contributed by atoms with Gasteiger partial charge >= 0.3 is 0 Å². The van der Waals surface area contributed by atoms with E-state index in [0.717, 1.165) is 61.1 Å². The second-order valence-corrected chi connectivity index (χ2v) is 8.76. The zero-order chi connectivity index (χ0) is 24.9. The van der Waals surface area contributed by atoms with Crippen molar-refractivity contribution in [3.63, 3.8) is 0 Å². The molecule has 35 heavy (non-hydrogen) atoms. The standard InChI is InChI=1S/C14H14FN3.C13H12FN3/c1-8-14(9(2)18(3)17-8)12-7-16-13-6-10(15)4-5-11(12)13;1-8-12(7-17(2)16-8)11-6-15-13-5-9(14)3-4-10(11)13/h4-7,16H,1-3H3;3-7,15H,1-2H3. The molecule has 6 nitrogen and oxygen atoms in total. The van der Waals surface area contributed by atoms with E-state index in [1.807, 2.05) is 64.2 Å². The van der Waals surface area contributed by atoms with Gasteiger partial charge in [-0.25, -0.2) is 8.78 Å². The second-order valence-electron chi connectivity index (χ2n) is 8.76. The molecule has 178 valence electrons. The van der Waals surface area contributed by atoms with Crippen molar-refractivity contribution in [3.05, 3.63) is 83.7 Å². The van der Waals surface area contributed by atoms with Crippen LogP contribution in [-0.4, -0.2) is 29.5 Å². The average Bonchev–Trinajstić information content (AvgIpc) is 3.54. The Kier molecular flexibility index (Phi) is 5.51. The summed E-state index contributed by atoms with van der Waals surface area (Å²) in [5.74, 6) is -0.454. The Labute approximate surface area is 201 Å². The van der Waals surface area contributed by atoms with Crippen LogP contribution in [0.3, 0.4) is 0 Å². The summed E-state index contributed by atoms with van der Waals surface area (Å²) in [5.41, 5.74) is 9.02. The van der Waals surface area contributed by atoms with Crippen LogP contribution in [-0.2, 0) is 14.1 Å². The van der Waals surface area contributed by atoms with Gasteiger partial charge in [-0.3, -0.25) is 9.36 Å². The lowest BCUT2D eigenvalue weighted by Gasteiger charge is -2.00. The molecule has 0 spiro atoms. The monoisotopic (exact) mass is 472 g/mol. The summed E-state index contributed by atoms with van der Waals surface area (Å²) in [6.45, 7) is 6.00. The number of aryl methyl sites for hydroxylation is 4. The Morgan fingerprint density at radius 1 is 0.714 bits per heavy atom. The molecule has 0 saturated heterocycles. The number of fused-ring (bicyclic) bond motifs is 2. The summed E-state index contributed by atoms with van der Waals surface area (Å²) in [7, 11) is 3.82. The number of rotatable bonds is 2. The third-order valence-electron chi connectivity index (χ3n) is 6.37. The number of halogens is 2. The number of benzene rings is 2. The van der Waals surface area contributed by atoms with Gasteiger partial charge in [-0.2, -0.15) is 10.2 Å². The highest BCUT2D eigenvalue weighted by atomic mass is 19.1. The molecule has 0 bridgehead atoms. The molecule has 8 heteroatoms. The molecule has 0 saturated carbocycles. The Bertz CT molecular complexity index is 1680. The normalized spacial score (nSPS) is 11.3. The molecule has 0 aliphatic heterocycles. The average molecular weight is 473 g/mol. The number of aromatic amines is 2. The first-order chi connectivity index (χ1) is 16.7. The van der Waals surface area contributed by atoms with Gasteiger partial charge in [-0.05, 0) is 57.2 Å². The lowest BCUT2D eigenvalue weighted by molar-refractivity contribution is 0.629. The highest BCUT2D eigenvalue weighted by Crippen LogP contribution is 2.33. The molecule has 6 rings (SSSR count). The molecule has 0 radical (unpaired) electrons. The van der Waals surface area contributed by atoms with Gasteiger partial charge < -0.3 is 9.97 Å². The quantitative estimate of drug-likeness (QED) is 0.309. The minimum Gasteiger partial charge on any atom is -0.360 e. The fraction of sp³-hybridized carbons (Fsp3) is 0.185. The van der Waals surface area contributed by atoms with Crippen LogP contribution in [0.2, 0.25) is 0 Å². The molecule has 2 aromatic carbocycles. The number of hydrogen-bond acceptors (Lipinski definition) is 2. The van der Waals surface area contributed by atoms with Gasteiger partial charge in [0, 0.05) is 82.4 Å². The van der Waals surface area contributed by atoms with Gasteiger partial charge in [0.2, 0.25) is 0 Å². The van der Waals surface area contributed by atoms with E-state index >= 15 is 0 Å². The van der Waals surface area contributed by atoms with Crippen molar-refractivity contribution in [2.45, 2.75) is 20.8 Å². The van der Waals surface area contributed by atoms with Crippen LogP contribution in [0.15, 0.2) is 55.0 Å². The van der Waals surface area contributed by atoms with Gasteiger partial charge in [-0.1, -0.05) is 0 Å². The molecule has 0 aliphatic rings. The van der Waals surface area contributed by atoms with Crippen LogP contribution in [0.25, 0.3) is 44.1 Å². The van der Waals surface area contributed by atoms with Crippen molar-refractivity contribution in [1.29, 1.82) is 0 Å². The fourth-order valence-corrected chi connectivity index (χ4v) is 4.65. The molecule has 6 aromatic rings. The molecule has 0 aliphatic carbocycles. The van der Waals surface area contributed by atoms with Crippen LogP contribution in [0.4, 0.5) is 8.78 Å². The Hall–Kier alpha value is -4.20. The predicted octanol–water partition coefficient (Wildman–Crippen LogP) is 6.34. The summed E-state index contributed by atoms with van der Waals surface area (Å²) < 4.78 is 29.9. The number of hydrogen-bond donors (Lipinski definition) is 2. The molecular weight excluding hydrogens is 446 g/mol. The van der Waals surface area contributed by atoms with Crippen molar-refractivity contribution in [3.8, 4) is 22.3 Å². The van der Waals surface area contributed by atoms with Gasteiger partial charge in [0.05, 0.1) is 11.4 Å². The van der Waals surface area contributed by atoms with Crippen LogP contribution >= 0.6 is 0 Å². The van der Waals surface area contributed by atoms with Gasteiger partial charge in [0.25, 0.3) is 0 Å². The molecular formula is C27H26F2N6. The highest BCUT2D eigenvalue weighted by Gasteiger charge is 2.15. The Morgan fingerprint density at radius 2 is 1.29 bits per heavy atom. The second kappa shape index (κ2) is 8.54. The number of aromatic nitrogens is 6. The third kappa shape index (κ3) is 4.01. The zero-order valence-electron chi connectivity index (χ0n) is 20.2. The summed E-state index contributed by atoms with van der Waals surface area (Å²) >= 11 is 0. The van der Waals surface area contributed by atoms with Crippen molar-refractivity contribution in [1.82, 2.24) is 29.5 Å². The molecule has 0 atom stereocenters. The van der Waals surface area contributed by atoms with E-state index in [9.17, 15) is 8.78 Å². The molecule has 2 N–H and O–H groups in total. The van der Waals surface area contributed by atoms with Crippen LogP contribution < -0.4 is 0 Å². The van der Waals surface area contributed by atoms with Crippen LogP contribution in [0.5, 0.6) is 0 Å². The smallest absolute Gasteiger partial charge is 0.125 e. The molecule has 0 fully saturated rings. The van der Waals surface area contributed by atoms with Crippen molar-refractivity contribution >= 4 is 21.8 Å². The number of H-pyrrole nitrogens is 2. The van der Waals surface area contributed by atoms with Crippen molar-refractivity contribution in [2.24, 2.45) is 14.1 Å². The summed E-state index contributed by atoms with van der Waals surface area (Å²) in [6.07, 6.45) is 5.79. The number of nitrogens with zero attached hydrogens (tertiary/aromatic N) is 4. The summed E-state index contributed by atoms with van der Waals surface area (Å²) in [4.78, 5) is 6.20. The van der Waals surface area contributed by atoms with E-state index in [1.54, 1.807) is 10.7 Å². The van der Waals surface area contributed by atoms with E-state index in [1.165, 1.54) is 24.3 Å². The zero-order valence-corrected chi connectivity index (χ0v) is 20.2. The maximum Gasteiger partial charge on any atom is 0.125 e. The van der Waals surface area contributed by atoms with E-state index in [-0.39, 0.29) is 11.6 Å². The van der Waals surface area contributed by atoms with E-state index in [0.29, 0.717) is 0 Å². The van der Waals surface area contributed by atoms with Crippen LogP contribution in [0.1, 0.15) is 17.1 Å². The first kappa shape index (κ1) is 22.6. The molecule has 4 heterocycles. The lowest BCUT2D eigenvalue weighted by Crippen LogP contribution is -1.92. The maximum absolute atomic E-state index is 13.2. The van der Waals surface area contributed by atoms with Gasteiger partial charge in [0.15, 0.2) is 0 Å². The summed E-state index contributed by atoms with van der Waals surface area (Å²) in [6, 6.07) is 9.59. The topological polar surface area (TPSA) is 67.2 Å². The minimum atomic E-state index is -0.228. The fourth-order valence-electron chi connectivity index (χ4n) is 4.65. The third-order valence-corrected chi connectivity index (χ3v) is 6.37. The molecule has 0 amide bonds. The Morgan fingerprint density at radius 3 is 1.80 bits per heavy atom. The lowest BCUT2D eigenvalue weighted by atomic mass is 10.0. The van der Waals surface area contributed by atoms with E-state index < -0.39 is 0 Å². The number of nitrogens with one attached hydrogen (secondary N) is 2. The van der Waals surface area contributed by atoms with E-state index in [2.05, 4.69) is 20.2 Å². The Balaban J connectivity index is 0.000000145. The molecule has 0 unspecified atom stereocenters. The first-order valence-electron chi connectivity index (χ1n) is 11.3. The van der Waals surface area contributed by atoms with Gasteiger partial charge in [0.1, 0.15) is 11.6 Å². The predicted molar refractivity (Wildman–Crippen MR) is 135 cm³/mol.